The van der Waals surface area contributed by atoms with E-state index < -0.39 is 5.82 Å². The highest BCUT2D eigenvalue weighted by atomic mass is 35.5. The highest BCUT2D eigenvalue weighted by Gasteiger charge is 2.20. The molecule has 4 rings (SSSR count). The van der Waals surface area contributed by atoms with Crippen molar-refractivity contribution in [3.63, 3.8) is 0 Å². The molecule has 0 atom stereocenters. The number of aromatic nitrogens is 2. The Morgan fingerprint density at radius 1 is 1.37 bits per heavy atom. The van der Waals surface area contributed by atoms with Crippen molar-refractivity contribution in [1.82, 2.24) is 9.97 Å². The molecule has 140 valence electrons. The number of H-pyrrole nitrogens is 1. The van der Waals surface area contributed by atoms with Crippen LogP contribution in [-0.4, -0.2) is 21.6 Å². The molecule has 0 saturated carbocycles. The number of fused-ring (bicyclic) bond motifs is 3. The summed E-state index contributed by atoms with van der Waals surface area (Å²) < 4.78 is 13.2. The molecule has 0 radical (unpaired) electrons. The minimum atomic E-state index is -0.544. The zero-order valence-electron chi connectivity index (χ0n) is 14.1. The van der Waals surface area contributed by atoms with E-state index in [4.69, 9.17) is 11.6 Å². The standard InChI is InChI=1S/C18H15ClFN3O2S2/c19-11-7-9(5-6-12(11)20)21-14(24)8-26-18-22-16(25)15-10-3-1-2-4-13(10)27-17(15)23-18/h5-7H,1-4,8H2,(H,21,24)(H,22,23,25). The normalized spacial score (nSPS) is 13.6. The predicted molar refractivity (Wildman–Crippen MR) is 108 cm³/mol. The van der Waals surface area contributed by atoms with E-state index in [1.165, 1.54) is 23.1 Å². The van der Waals surface area contributed by atoms with Crippen molar-refractivity contribution in [1.29, 1.82) is 0 Å². The van der Waals surface area contributed by atoms with Crippen LogP contribution in [0.3, 0.4) is 0 Å². The Hall–Kier alpha value is -1.90. The fourth-order valence-electron chi connectivity index (χ4n) is 3.12. The highest BCUT2D eigenvalue weighted by Crippen LogP contribution is 2.34. The SMILES string of the molecule is O=C(CSc1nc2sc3c(c2c(=O)[nH]1)CCCC3)Nc1ccc(F)c(Cl)c1. The minimum Gasteiger partial charge on any atom is -0.325 e. The lowest BCUT2D eigenvalue weighted by Crippen LogP contribution is -2.15. The fourth-order valence-corrected chi connectivity index (χ4v) is 5.28. The molecule has 2 heterocycles. The van der Waals surface area contributed by atoms with Gasteiger partial charge in [0.05, 0.1) is 16.2 Å². The summed E-state index contributed by atoms with van der Waals surface area (Å²) in [5.41, 5.74) is 1.40. The van der Waals surface area contributed by atoms with Crippen LogP contribution < -0.4 is 10.9 Å². The topological polar surface area (TPSA) is 74.8 Å². The first-order valence-corrected chi connectivity index (χ1v) is 10.6. The number of benzene rings is 1. The smallest absolute Gasteiger partial charge is 0.260 e. The molecular formula is C18H15ClFN3O2S2. The zero-order chi connectivity index (χ0) is 19.0. The van der Waals surface area contributed by atoms with E-state index in [9.17, 15) is 14.0 Å². The number of thioether (sulfide) groups is 1. The largest absolute Gasteiger partial charge is 0.325 e. The third kappa shape index (κ3) is 3.88. The van der Waals surface area contributed by atoms with Gasteiger partial charge in [0.15, 0.2) is 5.16 Å². The fraction of sp³-hybridized carbons (Fsp3) is 0.278. The van der Waals surface area contributed by atoms with Gasteiger partial charge in [-0.15, -0.1) is 11.3 Å². The summed E-state index contributed by atoms with van der Waals surface area (Å²) in [4.78, 5) is 33.9. The molecular weight excluding hydrogens is 409 g/mol. The zero-order valence-corrected chi connectivity index (χ0v) is 16.5. The molecule has 1 aliphatic rings. The van der Waals surface area contributed by atoms with Crippen molar-refractivity contribution >= 4 is 56.5 Å². The molecule has 0 aliphatic heterocycles. The predicted octanol–water partition coefficient (Wildman–Crippen LogP) is 4.39. The van der Waals surface area contributed by atoms with Gasteiger partial charge in [0.1, 0.15) is 10.6 Å². The van der Waals surface area contributed by atoms with E-state index in [0.29, 0.717) is 16.2 Å². The number of hydrogen-bond donors (Lipinski definition) is 2. The number of hydrogen-bond acceptors (Lipinski definition) is 5. The van der Waals surface area contributed by atoms with Crippen molar-refractivity contribution in [3.05, 3.63) is 49.8 Å². The van der Waals surface area contributed by atoms with Gasteiger partial charge >= 0.3 is 0 Å². The summed E-state index contributed by atoms with van der Waals surface area (Å²) in [6.07, 6.45) is 4.17. The molecule has 9 heteroatoms. The second-order valence-electron chi connectivity index (χ2n) is 6.23. The van der Waals surface area contributed by atoms with Gasteiger partial charge in [0.25, 0.3) is 5.56 Å². The van der Waals surface area contributed by atoms with Gasteiger partial charge in [-0.05, 0) is 49.4 Å². The molecule has 0 spiro atoms. The number of thiophene rings is 1. The number of halogens is 2. The van der Waals surface area contributed by atoms with Gasteiger partial charge in [0.2, 0.25) is 5.91 Å². The maximum atomic E-state index is 13.2. The van der Waals surface area contributed by atoms with Crippen LogP contribution in [0.1, 0.15) is 23.3 Å². The molecule has 0 fully saturated rings. The van der Waals surface area contributed by atoms with Crippen LogP contribution in [0.2, 0.25) is 5.02 Å². The molecule has 1 amide bonds. The van der Waals surface area contributed by atoms with Crippen LogP contribution in [0.4, 0.5) is 10.1 Å². The number of rotatable bonds is 4. The number of nitrogens with one attached hydrogen (secondary N) is 2. The van der Waals surface area contributed by atoms with E-state index >= 15 is 0 Å². The number of anilines is 1. The lowest BCUT2D eigenvalue weighted by Gasteiger charge is -2.09. The van der Waals surface area contributed by atoms with E-state index in [-0.39, 0.29) is 22.2 Å². The first kappa shape index (κ1) is 18.5. The van der Waals surface area contributed by atoms with Gasteiger partial charge in [-0.3, -0.25) is 9.59 Å². The Morgan fingerprint density at radius 3 is 3.00 bits per heavy atom. The Kier molecular flexibility index (Phi) is 5.21. The molecule has 0 bridgehead atoms. The van der Waals surface area contributed by atoms with E-state index in [1.54, 1.807) is 11.3 Å². The van der Waals surface area contributed by atoms with Crippen LogP contribution in [0, 0.1) is 5.82 Å². The lowest BCUT2D eigenvalue weighted by molar-refractivity contribution is -0.113. The van der Waals surface area contributed by atoms with Crippen molar-refractivity contribution in [3.8, 4) is 0 Å². The number of carbonyl (C=O) groups is 1. The first-order valence-electron chi connectivity index (χ1n) is 8.43. The molecule has 5 nitrogen and oxygen atoms in total. The molecule has 0 saturated heterocycles. The average molecular weight is 424 g/mol. The average Bonchev–Trinajstić information content (AvgIpc) is 3.02. The number of nitrogens with zero attached hydrogens (tertiary/aromatic N) is 1. The molecule has 2 N–H and O–H groups in total. The summed E-state index contributed by atoms with van der Waals surface area (Å²) in [5, 5.41) is 3.70. The number of aryl methyl sites for hydroxylation is 2. The highest BCUT2D eigenvalue weighted by molar-refractivity contribution is 7.99. The maximum Gasteiger partial charge on any atom is 0.260 e. The van der Waals surface area contributed by atoms with Gasteiger partial charge in [-0.1, -0.05) is 23.4 Å². The van der Waals surface area contributed by atoms with Crippen LogP contribution in [-0.2, 0) is 17.6 Å². The quantitative estimate of drug-likeness (QED) is 0.482. The minimum absolute atomic E-state index is 0.0569. The van der Waals surface area contributed by atoms with Crippen molar-refractivity contribution in [2.24, 2.45) is 0 Å². The summed E-state index contributed by atoms with van der Waals surface area (Å²) in [6.45, 7) is 0. The number of amides is 1. The number of aromatic amines is 1. The van der Waals surface area contributed by atoms with Crippen molar-refractivity contribution in [2.75, 3.05) is 11.1 Å². The molecule has 1 aliphatic carbocycles. The molecule has 3 aromatic rings. The Bertz CT molecular complexity index is 1100. The van der Waals surface area contributed by atoms with E-state index in [0.717, 1.165) is 47.8 Å². The molecule has 1 aromatic carbocycles. The van der Waals surface area contributed by atoms with Crippen molar-refractivity contribution < 1.29 is 9.18 Å². The Balaban J connectivity index is 1.48. The second kappa shape index (κ2) is 7.61. The Morgan fingerprint density at radius 2 is 2.19 bits per heavy atom. The third-order valence-corrected chi connectivity index (χ3v) is 6.70. The van der Waals surface area contributed by atoms with Gasteiger partial charge in [-0.2, -0.15) is 0 Å². The first-order chi connectivity index (χ1) is 13.0. The van der Waals surface area contributed by atoms with E-state index in [1.807, 2.05) is 0 Å². The maximum absolute atomic E-state index is 13.2. The summed E-state index contributed by atoms with van der Waals surface area (Å²) in [5.74, 6) is -0.775. The summed E-state index contributed by atoms with van der Waals surface area (Å²) in [7, 11) is 0. The Labute approximate surface area is 167 Å². The van der Waals surface area contributed by atoms with Crippen LogP contribution in [0.15, 0.2) is 28.2 Å². The number of carbonyl (C=O) groups excluding carboxylic acids is 1. The van der Waals surface area contributed by atoms with Gasteiger partial charge in [-0.25, -0.2) is 9.37 Å². The summed E-state index contributed by atoms with van der Waals surface area (Å²) >= 11 is 8.43. The van der Waals surface area contributed by atoms with E-state index in [2.05, 4.69) is 15.3 Å². The van der Waals surface area contributed by atoms with Crippen LogP contribution in [0.5, 0.6) is 0 Å². The van der Waals surface area contributed by atoms with Crippen molar-refractivity contribution in [2.45, 2.75) is 30.8 Å². The molecule has 0 unspecified atom stereocenters. The van der Waals surface area contributed by atoms with Gasteiger partial charge < -0.3 is 10.3 Å². The summed E-state index contributed by atoms with van der Waals surface area (Å²) in [6, 6.07) is 3.98. The van der Waals surface area contributed by atoms with Crippen LogP contribution >= 0.6 is 34.7 Å². The molecule has 27 heavy (non-hydrogen) atoms. The third-order valence-electron chi connectivity index (χ3n) is 4.35. The monoisotopic (exact) mass is 423 g/mol. The van der Waals surface area contributed by atoms with Gasteiger partial charge in [0, 0.05) is 10.6 Å². The lowest BCUT2D eigenvalue weighted by atomic mass is 9.97. The van der Waals surface area contributed by atoms with Crippen LogP contribution in [0.25, 0.3) is 10.2 Å². The second-order valence-corrected chi connectivity index (χ2v) is 8.68. The molecule has 2 aromatic heterocycles.